The van der Waals surface area contributed by atoms with Crippen LogP contribution in [0, 0.1) is 11.8 Å². The fraction of sp³-hybridized carbons (Fsp3) is 0.650. The number of carbonyl (C=O) groups is 1. The van der Waals surface area contributed by atoms with Crippen LogP contribution in [0.4, 0.5) is 0 Å². The summed E-state index contributed by atoms with van der Waals surface area (Å²) in [5.74, 6) is 1.78. The summed E-state index contributed by atoms with van der Waals surface area (Å²) in [4.78, 5) is 17.3. The third kappa shape index (κ3) is 3.98. The van der Waals surface area contributed by atoms with Gasteiger partial charge in [0.25, 0.3) is 0 Å². The highest BCUT2D eigenvalue weighted by molar-refractivity contribution is 5.79. The van der Waals surface area contributed by atoms with E-state index in [-0.39, 0.29) is 5.92 Å². The summed E-state index contributed by atoms with van der Waals surface area (Å²) in [6.07, 6.45) is 3.27. The number of methoxy groups -OCH3 is 1. The van der Waals surface area contributed by atoms with E-state index in [9.17, 15) is 4.79 Å². The quantitative estimate of drug-likeness (QED) is 0.889. The van der Waals surface area contributed by atoms with E-state index in [0.717, 1.165) is 51.2 Å². The average Bonchev–Trinajstić information content (AvgIpc) is 3.15. The number of piperazine rings is 1. The molecule has 3 atom stereocenters. The van der Waals surface area contributed by atoms with E-state index in [0.29, 0.717) is 24.4 Å². The molecule has 2 aliphatic rings. The largest absolute Gasteiger partial charge is 0.497 e. The number of benzene rings is 1. The van der Waals surface area contributed by atoms with E-state index >= 15 is 0 Å². The zero-order chi connectivity index (χ0) is 17.8. The molecule has 2 N–H and O–H groups in total. The molecule has 1 aromatic carbocycles. The van der Waals surface area contributed by atoms with Gasteiger partial charge in [0.05, 0.1) is 7.11 Å². The Hall–Kier alpha value is -1.59. The lowest BCUT2D eigenvalue weighted by Gasteiger charge is -2.39. The summed E-state index contributed by atoms with van der Waals surface area (Å²) >= 11 is 0. The van der Waals surface area contributed by atoms with Crippen molar-refractivity contribution in [2.24, 2.45) is 17.6 Å². The third-order valence-electron chi connectivity index (χ3n) is 6.03. The molecular formula is C20H31N3O2. The number of nitrogens with zero attached hydrogens (tertiary/aromatic N) is 2. The summed E-state index contributed by atoms with van der Waals surface area (Å²) in [6.45, 7) is 6.35. The molecule has 1 aromatic rings. The van der Waals surface area contributed by atoms with Gasteiger partial charge in [0.2, 0.25) is 5.91 Å². The predicted octanol–water partition coefficient (Wildman–Crippen LogP) is 2.28. The minimum atomic E-state index is 0.160. The van der Waals surface area contributed by atoms with Crippen LogP contribution in [-0.2, 0) is 4.79 Å². The minimum Gasteiger partial charge on any atom is -0.497 e. The molecule has 1 heterocycles. The summed E-state index contributed by atoms with van der Waals surface area (Å²) in [5, 5.41) is 0. The van der Waals surface area contributed by atoms with Gasteiger partial charge in [-0.25, -0.2) is 0 Å². The average molecular weight is 345 g/mol. The molecule has 1 amide bonds. The Bertz CT molecular complexity index is 584. The van der Waals surface area contributed by atoms with Crippen LogP contribution >= 0.6 is 0 Å². The Balaban J connectivity index is 1.57. The zero-order valence-corrected chi connectivity index (χ0v) is 15.5. The Labute approximate surface area is 151 Å². The van der Waals surface area contributed by atoms with Crippen molar-refractivity contribution in [3.8, 4) is 5.75 Å². The van der Waals surface area contributed by atoms with E-state index in [1.165, 1.54) is 5.56 Å². The summed E-state index contributed by atoms with van der Waals surface area (Å²) < 4.78 is 5.34. The third-order valence-corrected chi connectivity index (χ3v) is 6.03. The van der Waals surface area contributed by atoms with Crippen LogP contribution in [0.5, 0.6) is 5.75 Å². The van der Waals surface area contributed by atoms with Gasteiger partial charge in [-0.1, -0.05) is 18.6 Å². The highest BCUT2D eigenvalue weighted by Crippen LogP contribution is 2.33. The highest BCUT2D eigenvalue weighted by atomic mass is 16.5. The molecule has 5 heteroatoms. The van der Waals surface area contributed by atoms with Crippen LogP contribution in [0.25, 0.3) is 0 Å². The fourth-order valence-corrected chi connectivity index (χ4v) is 4.32. The zero-order valence-electron chi connectivity index (χ0n) is 15.5. The number of hydrogen-bond acceptors (Lipinski definition) is 4. The second-order valence-corrected chi connectivity index (χ2v) is 7.35. The van der Waals surface area contributed by atoms with Crippen LogP contribution < -0.4 is 10.5 Å². The number of nitrogens with two attached hydrogens (primary N) is 1. The van der Waals surface area contributed by atoms with Crippen LogP contribution in [0.1, 0.15) is 37.8 Å². The molecule has 1 aliphatic heterocycles. The number of ether oxygens (including phenoxy) is 1. The predicted molar refractivity (Wildman–Crippen MR) is 99.4 cm³/mol. The second-order valence-electron chi connectivity index (χ2n) is 7.35. The second kappa shape index (κ2) is 8.19. The van der Waals surface area contributed by atoms with Crippen molar-refractivity contribution in [1.29, 1.82) is 0 Å². The van der Waals surface area contributed by atoms with Crippen LogP contribution in [0.15, 0.2) is 24.3 Å². The van der Waals surface area contributed by atoms with Gasteiger partial charge in [0, 0.05) is 38.1 Å². The van der Waals surface area contributed by atoms with E-state index < -0.39 is 0 Å². The van der Waals surface area contributed by atoms with Gasteiger partial charge < -0.3 is 15.4 Å². The molecule has 0 aromatic heterocycles. The van der Waals surface area contributed by atoms with Gasteiger partial charge in [-0.05, 0) is 49.9 Å². The summed E-state index contributed by atoms with van der Waals surface area (Å²) in [7, 11) is 1.70. The van der Waals surface area contributed by atoms with Crippen molar-refractivity contribution in [2.45, 2.75) is 32.2 Å². The monoisotopic (exact) mass is 345 g/mol. The van der Waals surface area contributed by atoms with Gasteiger partial charge in [-0.3, -0.25) is 9.69 Å². The number of rotatable bonds is 5. The molecule has 2 fully saturated rings. The molecule has 1 saturated carbocycles. The van der Waals surface area contributed by atoms with Crippen molar-refractivity contribution >= 4 is 5.91 Å². The maximum atomic E-state index is 12.8. The van der Waals surface area contributed by atoms with Crippen molar-refractivity contribution < 1.29 is 9.53 Å². The first kappa shape index (κ1) is 18.2. The van der Waals surface area contributed by atoms with Crippen LogP contribution in [0.3, 0.4) is 0 Å². The smallest absolute Gasteiger partial charge is 0.226 e. The van der Waals surface area contributed by atoms with Gasteiger partial charge in [0.1, 0.15) is 5.75 Å². The molecular weight excluding hydrogens is 314 g/mol. The summed E-state index contributed by atoms with van der Waals surface area (Å²) in [5.41, 5.74) is 7.11. The summed E-state index contributed by atoms with van der Waals surface area (Å²) in [6, 6.07) is 8.59. The molecule has 0 bridgehead atoms. The molecule has 1 unspecified atom stereocenters. The van der Waals surface area contributed by atoms with Gasteiger partial charge in [0.15, 0.2) is 0 Å². The number of amides is 1. The standard InChI is InChI=1S/C20H31N3O2/c1-15(16-5-3-7-18(13-16)25-2)22-9-11-23(12-10-22)20(24)19-8-4-6-17(19)14-21/h3,5,7,13,15,17,19H,4,6,8-12,14,21H2,1-2H3/t15?,17-,19-/m1/s1. The normalized spacial score (nSPS) is 25.8. The maximum Gasteiger partial charge on any atom is 0.226 e. The highest BCUT2D eigenvalue weighted by Gasteiger charge is 2.36. The lowest BCUT2D eigenvalue weighted by Crippen LogP contribution is -2.51. The van der Waals surface area contributed by atoms with Gasteiger partial charge in [-0.2, -0.15) is 0 Å². The van der Waals surface area contributed by atoms with Crippen LogP contribution in [-0.4, -0.2) is 55.5 Å². The van der Waals surface area contributed by atoms with E-state index in [1.54, 1.807) is 7.11 Å². The van der Waals surface area contributed by atoms with Crippen molar-refractivity contribution in [2.75, 3.05) is 39.8 Å². The lowest BCUT2D eigenvalue weighted by atomic mass is 9.94. The van der Waals surface area contributed by atoms with Crippen molar-refractivity contribution in [1.82, 2.24) is 9.80 Å². The molecule has 0 spiro atoms. The first-order valence-electron chi connectivity index (χ1n) is 9.51. The first-order chi connectivity index (χ1) is 12.1. The maximum absolute atomic E-state index is 12.8. The molecule has 1 aliphatic carbocycles. The molecule has 5 nitrogen and oxygen atoms in total. The van der Waals surface area contributed by atoms with E-state index in [2.05, 4.69) is 28.9 Å². The topological polar surface area (TPSA) is 58.8 Å². The Morgan fingerprint density at radius 1 is 1.28 bits per heavy atom. The van der Waals surface area contributed by atoms with E-state index in [4.69, 9.17) is 10.5 Å². The SMILES string of the molecule is COc1cccc(C(C)N2CCN(C(=O)[C@@H]3CCC[C@@H]3CN)CC2)c1. The Morgan fingerprint density at radius 3 is 2.72 bits per heavy atom. The van der Waals surface area contributed by atoms with Gasteiger partial charge >= 0.3 is 0 Å². The van der Waals surface area contributed by atoms with Crippen molar-refractivity contribution in [3.63, 3.8) is 0 Å². The molecule has 1 saturated heterocycles. The fourth-order valence-electron chi connectivity index (χ4n) is 4.32. The Morgan fingerprint density at radius 2 is 2.04 bits per heavy atom. The van der Waals surface area contributed by atoms with Crippen LogP contribution in [0.2, 0.25) is 0 Å². The lowest BCUT2D eigenvalue weighted by molar-refractivity contribution is -0.138. The van der Waals surface area contributed by atoms with E-state index in [1.807, 2.05) is 12.1 Å². The first-order valence-corrected chi connectivity index (χ1v) is 9.51. The minimum absolute atomic E-state index is 0.160. The molecule has 3 rings (SSSR count). The molecule has 25 heavy (non-hydrogen) atoms. The Kier molecular flexibility index (Phi) is 5.97. The molecule has 138 valence electrons. The van der Waals surface area contributed by atoms with Gasteiger partial charge in [-0.15, -0.1) is 0 Å². The van der Waals surface area contributed by atoms with Crippen molar-refractivity contribution in [3.05, 3.63) is 29.8 Å². The number of carbonyl (C=O) groups excluding carboxylic acids is 1. The molecule has 0 radical (unpaired) electrons. The number of hydrogen-bond donors (Lipinski definition) is 1.